The monoisotopic (exact) mass is 354 g/mol. The van der Waals surface area contributed by atoms with E-state index in [0.29, 0.717) is 26.3 Å². The predicted octanol–water partition coefficient (Wildman–Crippen LogP) is 2.34. The van der Waals surface area contributed by atoms with Crippen molar-refractivity contribution in [2.45, 2.75) is 19.8 Å². The van der Waals surface area contributed by atoms with Gasteiger partial charge in [0.15, 0.2) is 0 Å². The molecule has 5 nitrogen and oxygen atoms in total. The molecule has 6 heteroatoms. The Bertz CT molecular complexity index is 528. The van der Waals surface area contributed by atoms with E-state index < -0.39 is 0 Å². The summed E-state index contributed by atoms with van der Waals surface area (Å²) in [6.07, 6.45) is 0.437. The lowest BCUT2D eigenvalue weighted by atomic mass is 10.2. The topological polar surface area (TPSA) is 58.6 Å². The van der Waals surface area contributed by atoms with Crippen molar-refractivity contribution in [2.75, 3.05) is 31.6 Å². The Morgan fingerprint density at radius 3 is 2.67 bits per heavy atom. The number of morpholine rings is 1. The van der Waals surface area contributed by atoms with Gasteiger partial charge in [0.2, 0.25) is 11.8 Å². The molecule has 0 aromatic heterocycles. The van der Waals surface area contributed by atoms with Crippen LogP contribution < -0.4 is 5.32 Å². The van der Waals surface area contributed by atoms with Gasteiger partial charge in [-0.15, -0.1) is 0 Å². The maximum Gasteiger partial charge on any atom is 0.224 e. The first-order valence-electron chi connectivity index (χ1n) is 6.98. The lowest BCUT2D eigenvalue weighted by Crippen LogP contribution is -2.40. The maximum atomic E-state index is 11.9. The quantitative estimate of drug-likeness (QED) is 0.902. The third-order valence-electron chi connectivity index (χ3n) is 3.37. The van der Waals surface area contributed by atoms with Crippen molar-refractivity contribution in [3.8, 4) is 0 Å². The van der Waals surface area contributed by atoms with Gasteiger partial charge in [-0.1, -0.05) is 15.9 Å². The van der Waals surface area contributed by atoms with Crippen LogP contribution in [0.3, 0.4) is 0 Å². The van der Waals surface area contributed by atoms with Crippen molar-refractivity contribution in [1.82, 2.24) is 4.90 Å². The summed E-state index contributed by atoms with van der Waals surface area (Å²) in [4.78, 5) is 25.6. The molecule has 0 spiro atoms. The molecule has 0 bridgehead atoms. The van der Waals surface area contributed by atoms with Gasteiger partial charge in [-0.05, 0) is 30.7 Å². The Kier molecular flexibility index (Phi) is 5.76. The van der Waals surface area contributed by atoms with Crippen LogP contribution in [0.4, 0.5) is 5.69 Å². The lowest BCUT2D eigenvalue weighted by Gasteiger charge is -2.26. The van der Waals surface area contributed by atoms with Crippen LogP contribution in [0.1, 0.15) is 18.4 Å². The zero-order valence-corrected chi connectivity index (χ0v) is 13.6. The molecule has 1 heterocycles. The molecular formula is C15H19BrN2O3. The molecule has 21 heavy (non-hydrogen) atoms. The number of carbonyl (C=O) groups excluding carboxylic acids is 2. The Balaban J connectivity index is 1.78. The number of rotatable bonds is 4. The number of aryl methyl sites for hydroxylation is 1. The maximum absolute atomic E-state index is 11.9. The van der Waals surface area contributed by atoms with Gasteiger partial charge in [0.25, 0.3) is 0 Å². The second kappa shape index (κ2) is 7.56. The minimum absolute atomic E-state index is 0.0143. The van der Waals surface area contributed by atoms with Crippen molar-refractivity contribution in [2.24, 2.45) is 0 Å². The average Bonchev–Trinajstić information content (AvgIpc) is 2.49. The van der Waals surface area contributed by atoms with Crippen LogP contribution in [-0.4, -0.2) is 43.0 Å². The lowest BCUT2D eigenvalue weighted by molar-refractivity contribution is -0.136. The largest absolute Gasteiger partial charge is 0.378 e. The van der Waals surface area contributed by atoms with E-state index in [1.807, 2.05) is 25.1 Å². The molecule has 2 amide bonds. The molecule has 0 unspecified atom stereocenters. The van der Waals surface area contributed by atoms with Crippen LogP contribution in [0, 0.1) is 6.92 Å². The van der Waals surface area contributed by atoms with Crippen molar-refractivity contribution >= 4 is 33.4 Å². The highest BCUT2D eigenvalue weighted by molar-refractivity contribution is 9.10. The second-order valence-corrected chi connectivity index (χ2v) is 5.86. The number of carbonyl (C=O) groups is 2. The van der Waals surface area contributed by atoms with Gasteiger partial charge in [0.05, 0.1) is 13.2 Å². The van der Waals surface area contributed by atoms with Gasteiger partial charge in [-0.25, -0.2) is 0 Å². The van der Waals surface area contributed by atoms with Gasteiger partial charge in [-0.3, -0.25) is 9.59 Å². The summed E-state index contributed by atoms with van der Waals surface area (Å²) in [5.41, 5.74) is 1.80. The number of halogens is 1. The van der Waals surface area contributed by atoms with Gasteiger partial charge in [0, 0.05) is 36.1 Å². The van der Waals surface area contributed by atoms with Crippen molar-refractivity contribution in [1.29, 1.82) is 0 Å². The van der Waals surface area contributed by atoms with E-state index in [1.54, 1.807) is 4.90 Å². The van der Waals surface area contributed by atoms with E-state index >= 15 is 0 Å². The fourth-order valence-electron chi connectivity index (χ4n) is 2.14. The summed E-state index contributed by atoms with van der Waals surface area (Å²) in [5.74, 6) is -0.126. The zero-order chi connectivity index (χ0) is 15.2. The van der Waals surface area contributed by atoms with Crippen LogP contribution in [0.25, 0.3) is 0 Å². The first-order chi connectivity index (χ1) is 10.1. The van der Waals surface area contributed by atoms with E-state index in [4.69, 9.17) is 4.74 Å². The molecule has 0 atom stereocenters. The highest BCUT2D eigenvalue weighted by Crippen LogP contribution is 2.20. The second-order valence-electron chi connectivity index (χ2n) is 5.01. The molecular weight excluding hydrogens is 336 g/mol. The number of anilines is 1. The van der Waals surface area contributed by atoms with Gasteiger partial charge >= 0.3 is 0 Å². The van der Waals surface area contributed by atoms with Crippen LogP contribution >= 0.6 is 15.9 Å². The zero-order valence-electron chi connectivity index (χ0n) is 12.0. The number of hydrogen-bond acceptors (Lipinski definition) is 3. The molecule has 1 N–H and O–H groups in total. The van der Waals surface area contributed by atoms with Gasteiger partial charge in [-0.2, -0.15) is 0 Å². The molecule has 0 aliphatic carbocycles. The van der Waals surface area contributed by atoms with Crippen molar-refractivity contribution < 1.29 is 14.3 Å². The van der Waals surface area contributed by atoms with E-state index in [-0.39, 0.29) is 24.7 Å². The highest BCUT2D eigenvalue weighted by Gasteiger charge is 2.17. The van der Waals surface area contributed by atoms with E-state index in [2.05, 4.69) is 21.2 Å². The highest BCUT2D eigenvalue weighted by atomic mass is 79.9. The van der Waals surface area contributed by atoms with Crippen molar-refractivity contribution in [3.63, 3.8) is 0 Å². The van der Waals surface area contributed by atoms with E-state index in [1.165, 1.54) is 0 Å². The number of amides is 2. The summed E-state index contributed by atoms with van der Waals surface area (Å²) in [5, 5.41) is 2.81. The molecule has 0 radical (unpaired) electrons. The SMILES string of the molecule is Cc1cc(NC(=O)CCC(=O)N2CCOCC2)ccc1Br. The van der Waals surface area contributed by atoms with Gasteiger partial charge in [0.1, 0.15) is 0 Å². The van der Waals surface area contributed by atoms with Crippen LogP contribution in [0.15, 0.2) is 22.7 Å². The Morgan fingerprint density at radius 2 is 2.00 bits per heavy atom. The summed E-state index contributed by atoms with van der Waals surface area (Å²) in [6.45, 7) is 4.35. The normalized spacial score (nSPS) is 14.9. The smallest absolute Gasteiger partial charge is 0.224 e. The standard InChI is InChI=1S/C15H19BrN2O3/c1-11-10-12(2-3-13(11)16)17-14(19)4-5-15(20)18-6-8-21-9-7-18/h2-3,10H,4-9H2,1H3,(H,17,19). The average molecular weight is 355 g/mol. The van der Waals surface area contributed by atoms with Crippen LogP contribution in [0.2, 0.25) is 0 Å². The molecule has 1 saturated heterocycles. The first kappa shape index (κ1) is 16.0. The number of benzene rings is 1. The van der Waals surface area contributed by atoms with Crippen molar-refractivity contribution in [3.05, 3.63) is 28.2 Å². The predicted molar refractivity (Wildman–Crippen MR) is 84.1 cm³/mol. The summed E-state index contributed by atoms with van der Waals surface area (Å²) in [7, 11) is 0. The van der Waals surface area contributed by atoms with E-state index in [0.717, 1.165) is 15.7 Å². The molecule has 2 rings (SSSR count). The Labute approximate surface area is 132 Å². The minimum Gasteiger partial charge on any atom is -0.378 e. The number of nitrogens with one attached hydrogen (secondary N) is 1. The summed E-state index contributed by atoms with van der Waals surface area (Å²) < 4.78 is 6.20. The summed E-state index contributed by atoms with van der Waals surface area (Å²) in [6, 6.07) is 5.62. The molecule has 1 aromatic carbocycles. The van der Waals surface area contributed by atoms with Crippen LogP contribution in [0.5, 0.6) is 0 Å². The molecule has 114 valence electrons. The Morgan fingerprint density at radius 1 is 1.29 bits per heavy atom. The van der Waals surface area contributed by atoms with E-state index in [9.17, 15) is 9.59 Å². The molecule has 1 aliphatic rings. The molecule has 0 saturated carbocycles. The summed E-state index contributed by atoms with van der Waals surface area (Å²) >= 11 is 3.42. The molecule has 1 fully saturated rings. The fraction of sp³-hybridized carbons (Fsp3) is 0.467. The Hall–Kier alpha value is -1.40. The number of hydrogen-bond donors (Lipinski definition) is 1. The van der Waals surface area contributed by atoms with Crippen LogP contribution in [-0.2, 0) is 14.3 Å². The first-order valence-corrected chi connectivity index (χ1v) is 7.77. The molecule has 1 aromatic rings. The molecule has 1 aliphatic heterocycles. The third-order valence-corrected chi connectivity index (χ3v) is 4.26. The minimum atomic E-state index is -0.140. The fourth-order valence-corrected chi connectivity index (χ4v) is 2.38. The third kappa shape index (κ3) is 4.82. The number of nitrogens with zero attached hydrogens (tertiary/aromatic N) is 1. The number of ether oxygens (including phenoxy) is 1. The van der Waals surface area contributed by atoms with Gasteiger partial charge < -0.3 is 15.0 Å².